The van der Waals surface area contributed by atoms with Crippen LogP contribution in [0.5, 0.6) is 0 Å². The van der Waals surface area contributed by atoms with Crippen LogP contribution in [0.25, 0.3) is 0 Å². The average Bonchev–Trinajstić information content (AvgIpc) is 2.29. The van der Waals surface area contributed by atoms with Crippen LogP contribution in [0.2, 0.25) is 0 Å². The molecule has 0 aliphatic rings. The van der Waals surface area contributed by atoms with Crippen molar-refractivity contribution in [1.82, 2.24) is 0 Å². The zero-order valence-corrected chi connectivity index (χ0v) is 9.06. The van der Waals surface area contributed by atoms with E-state index in [2.05, 4.69) is 34.3 Å². The molecule has 3 nitrogen and oxygen atoms in total. The molecule has 0 unspecified atom stereocenters. The van der Waals surface area contributed by atoms with E-state index < -0.39 is 0 Å². The molecule has 0 bridgehead atoms. The van der Waals surface area contributed by atoms with Crippen molar-refractivity contribution in [3.05, 3.63) is 35.9 Å². The third-order valence-corrected chi connectivity index (χ3v) is 1.97. The standard InChI is InChI=1S/C12H17NO2/c1-14-13-9-11-15-10-5-8-12-6-3-2-4-7-12/h2-4,6-7,9H,5,8,10-11H2,1H3/b13-9+. The monoisotopic (exact) mass is 207 g/mol. The molecule has 15 heavy (non-hydrogen) atoms. The zero-order valence-electron chi connectivity index (χ0n) is 9.06. The maximum Gasteiger partial charge on any atom is 0.106 e. The number of ether oxygens (including phenoxy) is 1. The van der Waals surface area contributed by atoms with E-state index in [1.807, 2.05) is 6.07 Å². The Morgan fingerprint density at radius 2 is 2.07 bits per heavy atom. The van der Waals surface area contributed by atoms with Crippen LogP contribution in [0.15, 0.2) is 35.5 Å². The summed E-state index contributed by atoms with van der Waals surface area (Å²) in [6, 6.07) is 10.4. The highest BCUT2D eigenvalue weighted by molar-refractivity contribution is 5.57. The second-order valence-corrected chi connectivity index (χ2v) is 3.13. The van der Waals surface area contributed by atoms with Crippen molar-refractivity contribution in [2.75, 3.05) is 20.3 Å². The molecule has 0 atom stereocenters. The molecule has 0 heterocycles. The highest BCUT2D eigenvalue weighted by Gasteiger charge is 1.91. The molecule has 0 N–H and O–H groups in total. The maximum absolute atomic E-state index is 5.33. The lowest BCUT2D eigenvalue weighted by Gasteiger charge is -2.01. The summed E-state index contributed by atoms with van der Waals surface area (Å²) in [6.07, 6.45) is 3.70. The van der Waals surface area contributed by atoms with Gasteiger partial charge in [-0.15, -0.1) is 0 Å². The molecule has 0 radical (unpaired) electrons. The molecule has 0 amide bonds. The lowest BCUT2D eigenvalue weighted by atomic mass is 10.1. The second kappa shape index (κ2) is 8.00. The van der Waals surface area contributed by atoms with Crippen LogP contribution in [-0.2, 0) is 16.0 Å². The summed E-state index contributed by atoms with van der Waals surface area (Å²) in [7, 11) is 1.52. The van der Waals surface area contributed by atoms with Crippen molar-refractivity contribution in [1.29, 1.82) is 0 Å². The first-order valence-corrected chi connectivity index (χ1v) is 5.10. The SMILES string of the molecule is CO/N=C/COCCCc1ccccc1. The molecular formula is C12H17NO2. The van der Waals surface area contributed by atoms with Gasteiger partial charge in [-0.2, -0.15) is 0 Å². The highest BCUT2D eigenvalue weighted by Crippen LogP contribution is 2.01. The summed E-state index contributed by atoms with van der Waals surface area (Å²) < 4.78 is 5.33. The lowest BCUT2D eigenvalue weighted by molar-refractivity contribution is 0.164. The van der Waals surface area contributed by atoms with E-state index in [1.165, 1.54) is 12.7 Å². The molecule has 1 aromatic carbocycles. The number of hydrogen-bond acceptors (Lipinski definition) is 3. The molecule has 0 aliphatic carbocycles. The first kappa shape index (κ1) is 11.7. The van der Waals surface area contributed by atoms with Gasteiger partial charge in [0.1, 0.15) is 7.11 Å². The molecule has 0 aromatic heterocycles. The summed E-state index contributed by atoms with van der Waals surface area (Å²) in [4.78, 5) is 4.51. The number of nitrogens with zero attached hydrogens (tertiary/aromatic N) is 1. The summed E-state index contributed by atoms with van der Waals surface area (Å²) in [5.74, 6) is 0. The predicted octanol–water partition coefficient (Wildman–Crippen LogP) is 2.27. The number of hydrogen-bond donors (Lipinski definition) is 0. The Morgan fingerprint density at radius 3 is 2.80 bits per heavy atom. The van der Waals surface area contributed by atoms with Crippen LogP contribution in [0.1, 0.15) is 12.0 Å². The fraction of sp³-hybridized carbons (Fsp3) is 0.417. The van der Waals surface area contributed by atoms with E-state index in [0.717, 1.165) is 19.4 Å². The van der Waals surface area contributed by atoms with Crippen molar-refractivity contribution >= 4 is 6.21 Å². The molecule has 3 heteroatoms. The Kier molecular flexibility index (Phi) is 6.25. The van der Waals surface area contributed by atoms with Gasteiger partial charge in [0.2, 0.25) is 0 Å². The van der Waals surface area contributed by atoms with E-state index >= 15 is 0 Å². The molecule has 1 rings (SSSR count). The summed E-state index contributed by atoms with van der Waals surface area (Å²) in [5.41, 5.74) is 1.35. The van der Waals surface area contributed by atoms with Crippen LogP contribution < -0.4 is 0 Å². The van der Waals surface area contributed by atoms with Gasteiger partial charge < -0.3 is 9.57 Å². The summed E-state index contributed by atoms with van der Waals surface area (Å²) >= 11 is 0. The van der Waals surface area contributed by atoms with Gasteiger partial charge in [0, 0.05) is 6.61 Å². The third-order valence-electron chi connectivity index (χ3n) is 1.97. The molecule has 0 aliphatic heterocycles. The Hall–Kier alpha value is -1.35. The van der Waals surface area contributed by atoms with Gasteiger partial charge in [-0.3, -0.25) is 0 Å². The third kappa shape index (κ3) is 5.86. The Labute approximate surface area is 90.7 Å². The van der Waals surface area contributed by atoms with Crippen molar-refractivity contribution in [3.63, 3.8) is 0 Å². The molecule has 0 fully saturated rings. The van der Waals surface area contributed by atoms with Crippen molar-refractivity contribution in [2.24, 2.45) is 5.16 Å². The second-order valence-electron chi connectivity index (χ2n) is 3.13. The molecule has 0 spiro atoms. The number of benzene rings is 1. The van der Waals surface area contributed by atoms with Crippen molar-refractivity contribution in [3.8, 4) is 0 Å². The van der Waals surface area contributed by atoms with E-state index in [-0.39, 0.29) is 0 Å². The van der Waals surface area contributed by atoms with Gasteiger partial charge in [-0.25, -0.2) is 0 Å². The molecule has 0 saturated carbocycles. The minimum absolute atomic E-state index is 0.516. The minimum Gasteiger partial charge on any atom is -0.399 e. The van der Waals surface area contributed by atoms with Crippen LogP contribution in [0.4, 0.5) is 0 Å². The zero-order chi connectivity index (χ0) is 10.8. The smallest absolute Gasteiger partial charge is 0.106 e. The Morgan fingerprint density at radius 1 is 1.27 bits per heavy atom. The van der Waals surface area contributed by atoms with Crippen molar-refractivity contribution in [2.45, 2.75) is 12.8 Å². The first-order valence-electron chi connectivity index (χ1n) is 5.10. The first-order chi connectivity index (χ1) is 7.43. The molecule has 0 saturated heterocycles. The van der Waals surface area contributed by atoms with E-state index in [9.17, 15) is 0 Å². The molecular weight excluding hydrogens is 190 g/mol. The van der Waals surface area contributed by atoms with Crippen LogP contribution in [-0.4, -0.2) is 26.5 Å². The summed E-state index contributed by atoms with van der Waals surface area (Å²) in [6.45, 7) is 1.27. The molecule has 1 aromatic rings. The number of rotatable bonds is 7. The Bertz CT molecular complexity index is 272. The van der Waals surface area contributed by atoms with Gasteiger partial charge in [0.05, 0.1) is 12.8 Å². The predicted molar refractivity (Wildman–Crippen MR) is 61.1 cm³/mol. The summed E-state index contributed by atoms with van der Waals surface area (Å²) in [5, 5.41) is 3.58. The van der Waals surface area contributed by atoms with Gasteiger partial charge in [-0.05, 0) is 18.4 Å². The van der Waals surface area contributed by atoms with Crippen LogP contribution >= 0.6 is 0 Å². The van der Waals surface area contributed by atoms with Crippen LogP contribution in [0.3, 0.4) is 0 Å². The normalized spacial score (nSPS) is 10.7. The highest BCUT2D eigenvalue weighted by atomic mass is 16.6. The van der Waals surface area contributed by atoms with Crippen LogP contribution in [0, 0.1) is 0 Å². The lowest BCUT2D eigenvalue weighted by Crippen LogP contribution is -1.99. The topological polar surface area (TPSA) is 30.8 Å². The van der Waals surface area contributed by atoms with E-state index in [4.69, 9.17) is 4.74 Å². The van der Waals surface area contributed by atoms with E-state index in [1.54, 1.807) is 6.21 Å². The van der Waals surface area contributed by atoms with Gasteiger partial charge >= 0.3 is 0 Å². The Balaban J connectivity index is 2.00. The van der Waals surface area contributed by atoms with Gasteiger partial charge in [-0.1, -0.05) is 35.5 Å². The quantitative estimate of drug-likeness (QED) is 0.390. The average molecular weight is 207 g/mol. The largest absolute Gasteiger partial charge is 0.399 e. The van der Waals surface area contributed by atoms with Gasteiger partial charge in [0.15, 0.2) is 0 Å². The van der Waals surface area contributed by atoms with Gasteiger partial charge in [0.25, 0.3) is 0 Å². The molecule has 82 valence electrons. The maximum atomic E-state index is 5.33. The number of aryl methyl sites for hydroxylation is 1. The fourth-order valence-corrected chi connectivity index (χ4v) is 1.26. The van der Waals surface area contributed by atoms with E-state index in [0.29, 0.717) is 6.61 Å². The fourth-order valence-electron chi connectivity index (χ4n) is 1.26. The van der Waals surface area contributed by atoms with Crippen molar-refractivity contribution < 1.29 is 9.57 Å². The minimum atomic E-state index is 0.516. The number of oxime groups is 1.